The van der Waals surface area contributed by atoms with Gasteiger partial charge in [-0.25, -0.2) is 4.79 Å². The van der Waals surface area contributed by atoms with E-state index in [0.717, 1.165) is 19.3 Å². The van der Waals surface area contributed by atoms with Crippen molar-refractivity contribution in [3.63, 3.8) is 0 Å². The summed E-state index contributed by atoms with van der Waals surface area (Å²) in [7, 11) is 0. The first-order valence-corrected chi connectivity index (χ1v) is 10.1. The van der Waals surface area contributed by atoms with Gasteiger partial charge in [0.2, 0.25) is 0 Å². The second-order valence-electron chi connectivity index (χ2n) is 6.37. The zero-order valence-corrected chi connectivity index (χ0v) is 16.2. The zero-order valence-electron chi connectivity index (χ0n) is 16.2. The molecule has 1 amide bonds. The lowest BCUT2D eigenvalue weighted by atomic mass is 10.1. The molecule has 0 unspecified atom stereocenters. The van der Waals surface area contributed by atoms with Crippen molar-refractivity contribution in [1.29, 1.82) is 0 Å². The number of carbonyl (C=O) groups is 1. The van der Waals surface area contributed by atoms with Crippen molar-refractivity contribution in [2.45, 2.75) is 84.0 Å². The Balaban J connectivity index is 3.22. The molecule has 0 aromatic heterocycles. The topological polar surface area (TPSA) is 58.6 Å². The molecule has 4 heteroatoms. The van der Waals surface area contributed by atoms with Crippen molar-refractivity contribution in [2.24, 2.45) is 0 Å². The molecule has 0 aromatic rings. The number of carbonyl (C=O) groups excluding carboxylic acids is 1. The summed E-state index contributed by atoms with van der Waals surface area (Å²) < 4.78 is 4.88. The van der Waals surface area contributed by atoms with Gasteiger partial charge < -0.3 is 15.2 Å². The molecule has 0 rings (SSSR count). The van der Waals surface area contributed by atoms with Crippen LogP contribution in [-0.2, 0) is 4.74 Å². The van der Waals surface area contributed by atoms with Crippen molar-refractivity contribution in [3.8, 4) is 0 Å². The zero-order chi connectivity index (χ0) is 18.4. The van der Waals surface area contributed by atoms with Crippen molar-refractivity contribution in [2.75, 3.05) is 19.8 Å². The van der Waals surface area contributed by atoms with Crippen LogP contribution < -0.4 is 5.32 Å². The van der Waals surface area contributed by atoms with Gasteiger partial charge in [0, 0.05) is 19.6 Å². The van der Waals surface area contributed by atoms with Crippen LogP contribution in [0.15, 0.2) is 24.3 Å². The number of amides is 1. The van der Waals surface area contributed by atoms with E-state index in [0.29, 0.717) is 13.0 Å². The minimum atomic E-state index is -0.377. The van der Waals surface area contributed by atoms with Crippen molar-refractivity contribution < 1.29 is 14.6 Å². The van der Waals surface area contributed by atoms with E-state index in [4.69, 9.17) is 9.84 Å². The van der Waals surface area contributed by atoms with Crippen molar-refractivity contribution >= 4 is 6.09 Å². The van der Waals surface area contributed by atoms with Crippen molar-refractivity contribution in [1.82, 2.24) is 5.32 Å². The first-order chi connectivity index (χ1) is 12.3. The molecule has 0 bridgehead atoms. The summed E-state index contributed by atoms with van der Waals surface area (Å²) >= 11 is 0. The molecular formula is C21H39NO3. The Hall–Kier alpha value is -1.29. The number of rotatable bonds is 17. The van der Waals surface area contributed by atoms with Crippen molar-refractivity contribution in [3.05, 3.63) is 24.3 Å². The van der Waals surface area contributed by atoms with Crippen LogP contribution in [0.5, 0.6) is 0 Å². The van der Waals surface area contributed by atoms with Crippen LogP contribution in [0.2, 0.25) is 0 Å². The number of alkyl carbamates (subject to hydrolysis) is 1. The maximum absolute atomic E-state index is 11.2. The molecule has 0 aliphatic heterocycles. The van der Waals surface area contributed by atoms with Crippen LogP contribution in [-0.4, -0.2) is 31.0 Å². The van der Waals surface area contributed by atoms with Gasteiger partial charge in [-0.15, -0.1) is 0 Å². The van der Waals surface area contributed by atoms with Crippen LogP contribution in [0.4, 0.5) is 4.79 Å². The summed E-state index contributed by atoms with van der Waals surface area (Å²) in [6.45, 7) is 3.24. The highest BCUT2D eigenvalue weighted by Crippen LogP contribution is 2.06. The third kappa shape index (κ3) is 20.7. The smallest absolute Gasteiger partial charge is 0.407 e. The first kappa shape index (κ1) is 23.7. The van der Waals surface area contributed by atoms with Gasteiger partial charge in [-0.3, -0.25) is 0 Å². The lowest BCUT2D eigenvalue weighted by Crippen LogP contribution is -2.25. The number of hydrogen-bond donors (Lipinski definition) is 2. The molecule has 0 fully saturated rings. The van der Waals surface area contributed by atoms with Gasteiger partial charge in [0.15, 0.2) is 0 Å². The highest BCUT2D eigenvalue weighted by molar-refractivity contribution is 5.66. The number of nitrogens with one attached hydrogen (secondary N) is 1. The van der Waals surface area contributed by atoms with Gasteiger partial charge in [0.1, 0.15) is 0 Å². The number of unbranched alkanes of at least 4 members (excludes halogenated alkanes) is 8. The molecule has 25 heavy (non-hydrogen) atoms. The molecule has 0 atom stereocenters. The molecule has 0 aliphatic carbocycles. The molecule has 0 radical (unpaired) electrons. The van der Waals surface area contributed by atoms with Gasteiger partial charge in [0.25, 0.3) is 0 Å². The summed E-state index contributed by atoms with van der Waals surface area (Å²) in [6.07, 6.45) is 22.5. The number of allylic oxidation sites excluding steroid dienone is 4. The molecular weight excluding hydrogens is 314 g/mol. The third-order valence-corrected chi connectivity index (χ3v) is 3.93. The summed E-state index contributed by atoms with van der Waals surface area (Å²) in [6, 6.07) is 0. The van der Waals surface area contributed by atoms with E-state index < -0.39 is 0 Å². The molecule has 4 nitrogen and oxygen atoms in total. The highest BCUT2D eigenvalue weighted by atomic mass is 16.5. The number of ether oxygens (including phenoxy) is 1. The van der Waals surface area contributed by atoms with E-state index in [2.05, 4.69) is 36.5 Å². The molecule has 0 saturated carbocycles. The summed E-state index contributed by atoms with van der Waals surface area (Å²) in [5.41, 5.74) is 0. The van der Waals surface area contributed by atoms with E-state index in [1.807, 2.05) is 0 Å². The molecule has 0 saturated heterocycles. The Morgan fingerprint density at radius 3 is 2.20 bits per heavy atom. The van der Waals surface area contributed by atoms with Crippen LogP contribution >= 0.6 is 0 Å². The highest BCUT2D eigenvalue weighted by Gasteiger charge is 1.99. The molecule has 146 valence electrons. The largest absolute Gasteiger partial charge is 0.449 e. The number of hydrogen-bond acceptors (Lipinski definition) is 3. The fourth-order valence-electron chi connectivity index (χ4n) is 2.41. The minimum Gasteiger partial charge on any atom is -0.449 e. The lowest BCUT2D eigenvalue weighted by molar-refractivity contribution is 0.135. The first-order valence-electron chi connectivity index (χ1n) is 10.1. The normalized spacial score (nSPS) is 11.4. The second kappa shape index (κ2) is 20.8. The molecule has 0 heterocycles. The SMILES string of the molecule is CCCCC/C=C\C/C=C\CCCCCCCNC(=O)OCCCO. The van der Waals surface area contributed by atoms with E-state index in [9.17, 15) is 4.79 Å². The third-order valence-electron chi connectivity index (χ3n) is 3.93. The van der Waals surface area contributed by atoms with Gasteiger partial charge in [0.05, 0.1) is 6.61 Å². The molecule has 0 aliphatic rings. The average Bonchev–Trinajstić information content (AvgIpc) is 2.61. The summed E-state index contributed by atoms with van der Waals surface area (Å²) in [5, 5.41) is 11.3. The second-order valence-corrected chi connectivity index (χ2v) is 6.37. The van der Waals surface area contributed by atoms with Crippen LogP contribution in [0.1, 0.15) is 84.0 Å². The Morgan fingerprint density at radius 1 is 0.880 bits per heavy atom. The number of aliphatic hydroxyl groups is 1. The summed E-state index contributed by atoms with van der Waals surface area (Å²) in [4.78, 5) is 11.2. The Morgan fingerprint density at radius 2 is 1.52 bits per heavy atom. The van der Waals surface area contributed by atoms with Crippen LogP contribution in [0.25, 0.3) is 0 Å². The van der Waals surface area contributed by atoms with E-state index in [1.54, 1.807) is 0 Å². The number of aliphatic hydroxyl groups excluding tert-OH is 1. The van der Waals surface area contributed by atoms with E-state index in [-0.39, 0.29) is 19.3 Å². The van der Waals surface area contributed by atoms with Crippen LogP contribution in [0, 0.1) is 0 Å². The predicted molar refractivity (Wildman–Crippen MR) is 106 cm³/mol. The van der Waals surface area contributed by atoms with Crippen LogP contribution in [0.3, 0.4) is 0 Å². The van der Waals surface area contributed by atoms with Gasteiger partial charge in [-0.2, -0.15) is 0 Å². The quantitative estimate of drug-likeness (QED) is 0.267. The van der Waals surface area contributed by atoms with Gasteiger partial charge >= 0.3 is 6.09 Å². The van der Waals surface area contributed by atoms with E-state index >= 15 is 0 Å². The van der Waals surface area contributed by atoms with E-state index in [1.165, 1.54) is 51.4 Å². The minimum absolute atomic E-state index is 0.0538. The predicted octanol–water partition coefficient (Wildman–Crippen LogP) is 5.52. The molecule has 0 spiro atoms. The molecule has 2 N–H and O–H groups in total. The Kier molecular flexibility index (Phi) is 19.7. The lowest BCUT2D eigenvalue weighted by Gasteiger charge is -2.06. The maximum Gasteiger partial charge on any atom is 0.407 e. The summed E-state index contributed by atoms with van der Waals surface area (Å²) in [5.74, 6) is 0. The fraction of sp³-hybridized carbons (Fsp3) is 0.762. The van der Waals surface area contributed by atoms with Gasteiger partial charge in [-0.05, 0) is 38.5 Å². The standard InChI is InChI=1S/C21H39NO3/c1-2-3-4-5-6-7-8-9-10-11-12-13-14-15-16-18-22-21(24)25-20-17-19-23/h6-7,9-10,23H,2-5,8,11-20H2,1H3,(H,22,24)/b7-6-,10-9-. The average molecular weight is 354 g/mol. The fourth-order valence-corrected chi connectivity index (χ4v) is 2.41. The molecule has 0 aromatic carbocycles. The maximum atomic E-state index is 11.2. The Labute approximate surface area is 154 Å². The monoisotopic (exact) mass is 353 g/mol. The Bertz CT molecular complexity index is 340. The van der Waals surface area contributed by atoms with Gasteiger partial charge in [-0.1, -0.05) is 63.3 Å².